The molecule has 2 rings (SSSR count). The van der Waals surface area contributed by atoms with Gasteiger partial charge in [0, 0.05) is 25.1 Å². The summed E-state index contributed by atoms with van der Waals surface area (Å²) in [6, 6.07) is 3.10. The fourth-order valence-corrected chi connectivity index (χ4v) is 2.24. The molecule has 0 aliphatic carbocycles. The van der Waals surface area contributed by atoms with Crippen LogP contribution < -0.4 is 0 Å². The first kappa shape index (κ1) is 11.7. The predicted molar refractivity (Wildman–Crippen MR) is 63.3 cm³/mol. The minimum atomic E-state index is -0.947. The number of carbonyl (C=O) groups is 1. The second-order valence-electron chi connectivity index (χ2n) is 3.56. The fourth-order valence-electron chi connectivity index (χ4n) is 1.36. The maximum atomic E-state index is 10.9. The highest BCUT2D eigenvalue weighted by molar-refractivity contribution is 7.99. The van der Waals surface area contributed by atoms with Crippen LogP contribution in [0.1, 0.15) is 16.1 Å². The van der Waals surface area contributed by atoms with E-state index in [0.29, 0.717) is 10.7 Å². The number of aromatic nitrogens is 3. The number of nitrogens with zero attached hydrogens (tertiary/aromatic N) is 3. The van der Waals surface area contributed by atoms with Gasteiger partial charge in [-0.05, 0) is 30.8 Å². The van der Waals surface area contributed by atoms with E-state index in [1.165, 1.54) is 11.8 Å². The van der Waals surface area contributed by atoms with Crippen LogP contribution >= 0.6 is 11.8 Å². The fraction of sp³-hybridized carbons (Fsp3) is 0.182. The molecule has 0 saturated heterocycles. The maximum absolute atomic E-state index is 10.9. The lowest BCUT2D eigenvalue weighted by atomic mass is 10.2. The van der Waals surface area contributed by atoms with Gasteiger partial charge in [-0.15, -0.1) is 0 Å². The molecule has 5 nitrogen and oxygen atoms in total. The van der Waals surface area contributed by atoms with Crippen LogP contribution in [0.25, 0.3) is 0 Å². The van der Waals surface area contributed by atoms with Crippen LogP contribution in [-0.2, 0) is 7.05 Å². The lowest BCUT2D eigenvalue weighted by molar-refractivity contribution is 0.0696. The van der Waals surface area contributed by atoms with Gasteiger partial charge in [-0.1, -0.05) is 0 Å². The number of pyridine rings is 1. The minimum Gasteiger partial charge on any atom is -0.478 e. The van der Waals surface area contributed by atoms with Gasteiger partial charge >= 0.3 is 5.97 Å². The van der Waals surface area contributed by atoms with Crippen LogP contribution in [0.3, 0.4) is 0 Å². The highest BCUT2D eigenvalue weighted by Crippen LogP contribution is 2.25. The van der Waals surface area contributed by atoms with E-state index in [-0.39, 0.29) is 5.56 Å². The van der Waals surface area contributed by atoms with E-state index in [2.05, 4.69) is 9.97 Å². The monoisotopic (exact) mass is 249 g/mol. The zero-order chi connectivity index (χ0) is 12.4. The number of imidazole rings is 1. The Morgan fingerprint density at radius 1 is 1.47 bits per heavy atom. The lowest BCUT2D eigenvalue weighted by Crippen LogP contribution is -1.99. The molecular weight excluding hydrogens is 238 g/mol. The predicted octanol–water partition coefficient (Wildman–Crippen LogP) is 1.97. The average Bonchev–Trinajstić information content (AvgIpc) is 2.63. The third-order valence-electron chi connectivity index (χ3n) is 2.15. The Morgan fingerprint density at radius 3 is 2.82 bits per heavy atom. The standard InChI is InChI=1S/C11H11N3O2S/c1-7-5-8(10(15)16)6-9(13-7)17-11-12-3-4-14(11)2/h3-6H,1-2H3,(H,15,16). The first-order valence-corrected chi connectivity index (χ1v) is 5.75. The molecule has 0 spiro atoms. The van der Waals surface area contributed by atoms with Crippen LogP contribution in [0.2, 0.25) is 0 Å². The van der Waals surface area contributed by atoms with Crippen molar-refractivity contribution in [1.29, 1.82) is 0 Å². The second-order valence-corrected chi connectivity index (χ2v) is 4.55. The summed E-state index contributed by atoms with van der Waals surface area (Å²) in [5.41, 5.74) is 0.927. The van der Waals surface area contributed by atoms with E-state index < -0.39 is 5.97 Å². The van der Waals surface area contributed by atoms with E-state index in [0.717, 1.165) is 5.16 Å². The van der Waals surface area contributed by atoms with Gasteiger partial charge in [0.1, 0.15) is 5.03 Å². The zero-order valence-corrected chi connectivity index (χ0v) is 10.2. The zero-order valence-electron chi connectivity index (χ0n) is 9.41. The van der Waals surface area contributed by atoms with E-state index >= 15 is 0 Å². The Bertz CT molecular complexity index is 566. The lowest BCUT2D eigenvalue weighted by Gasteiger charge is -2.03. The molecule has 0 fully saturated rings. The normalized spacial score (nSPS) is 10.5. The molecule has 17 heavy (non-hydrogen) atoms. The summed E-state index contributed by atoms with van der Waals surface area (Å²) < 4.78 is 1.86. The molecular formula is C11H11N3O2S. The van der Waals surface area contributed by atoms with Crippen molar-refractivity contribution < 1.29 is 9.90 Å². The van der Waals surface area contributed by atoms with Crippen molar-refractivity contribution in [2.24, 2.45) is 7.05 Å². The second kappa shape index (κ2) is 4.58. The summed E-state index contributed by atoms with van der Waals surface area (Å²) in [6.45, 7) is 1.77. The SMILES string of the molecule is Cc1cc(C(=O)O)cc(Sc2nccn2C)n1. The molecule has 0 bridgehead atoms. The van der Waals surface area contributed by atoms with Crippen LogP contribution in [0.4, 0.5) is 0 Å². The molecule has 0 radical (unpaired) electrons. The van der Waals surface area contributed by atoms with Crippen molar-refractivity contribution in [1.82, 2.24) is 14.5 Å². The Hall–Kier alpha value is -1.82. The number of aryl methyl sites for hydroxylation is 2. The Labute approximate surface area is 103 Å². The molecule has 0 amide bonds. The summed E-state index contributed by atoms with van der Waals surface area (Å²) in [5.74, 6) is -0.947. The minimum absolute atomic E-state index is 0.245. The molecule has 2 aromatic rings. The van der Waals surface area contributed by atoms with Gasteiger partial charge in [-0.2, -0.15) is 0 Å². The summed E-state index contributed by atoms with van der Waals surface area (Å²) in [4.78, 5) is 19.3. The molecule has 0 aromatic carbocycles. The van der Waals surface area contributed by atoms with Gasteiger partial charge in [-0.25, -0.2) is 14.8 Å². The van der Waals surface area contributed by atoms with Crippen molar-refractivity contribution in [3.63, 3.8) is 0 Å². The molecule has 2 aromatic heterocycles. The quantitative estimate of drug-likeness (QED) is 0.900. The molecule has 0 unspecified atom stereocenters. The van der Waals surface area contributed by atoms with E-state index in [4.69, 9.17) is 5.11 Å². The van der Waals surface area contributed by atoms with Gasteiger partial charge in [-0.3, -0.25) is 0 Å². The number of hydrogen-bond acceptors (Lipinski definition) is 4. The van der Waals surface area contributed by atoms with Crippen molar-refractivity contribution in [3.8, 4) is 0 Å². The molecule has 1 N–H and O–H groups in total. The summed E-state index contributed by atoms with van der Waals surface area (Å²) in [7, 11) is 1.88. The third kappa shape index (κ3) is 2.65. The summed E-state index contributed by atoms with van der Waals surface area (Å²) in [6.07, 6.45) is 3.52. The molecule has 88 valence electrons. The molecule has 0 atom stereocenters. The highest BCUT2D eigenvalue weighted by Gasteiger charge is 2.09. The number of carboxylic acid groups (broad SMARTS) is 1. The van der Waals surface area contributed by atoms with Gasteiger partial charge < -0.3 is 9.67 Å². The van der Waals surface area contributed by atoms with Crippen molar-refractivity contribution in [2.75, 3.05) is 0 Å². The van der Waals surface area contributed by atoms with Crippen molar-refractivity contribution in [2.45, 2.75) is 17.1 Å². The maximum Gasteiger partial charge on any atom is 0.335 e. The molecule has 0 saturated carbocycles. The van der Waals surface area contributed by atoms with Crippen LogP contribution in [0.15, 0.2) is 34.7 Å². The Kier molecular flexibility index (Phi) is 3.14. The third-order valence-corrected chi connectivity index (χ3v) is 3.14. The van der Waals surface area contributed by atoms with Crippen LogP contribution in [0.5, 0.6) is 0 Å². The average molecular weight is 249 g/mol. The number of hydrogen-bond donors (Lipinski definition) is 1. The van der Waals surface area contributed by atoms with Gasteiger partial charge in [0.25, 0.3) is 0 Å². The largest absolute Gasteiger partial charge is 0.478 e. The van der Waals surface area contributed by atoms with E-state index in [9.17, 15) is 4.79 Å². The number of rotatable bonds is 3. The van der Waals surface area contributed by atoms with Gasteiger partial charge in [0.05, 0.1) is 5.56 Å². The molecule has 2 heterocycles. The topological polar surface area (TPSA) is 68.0 Å². The summed E-state index contributed by atoms with van der Waals surface area (Å²) in [5, 5.41) is 10.4. The molecule has 0 aliphatic heterocycles. The Morgan fingerprint density at radius 2 is 2.24 bits per heavy atom. The highest BCUT2D eigenvalue weighted by atomic mass is 32.2. The van der Waals surface area contributed by atoms with E-state index in [1.807, 2.05) is 17.8 Å². The first-order valence-electron chi connectivity index (χ1n) is 4.93. The first-order chi connectivity index (χ1) is 8.06. The number of carboxylic acids is 1. The van der Waals surface area contributed by atoms with Gasteiger partial charge in [0.2, 0.25) is 0 Å². The van der Waals surface area contributed by atoms with E-state index in [1.54, 1.807) is 25.3 Å². The molecule has 6 heteroatoms. The molecule has 0 aliphatic rings. The van der Waals surface area contributed by atoms with Crippen LogP contribution in [0, 0.1) is 6.92 Å². The van der Waals surface area contributed by atoms with Crippen molar-refractivity contribution in [3.05, 3.63) is 35.8 Å². The van der Waals surface area contributed by atoms with Crippen molar-refractivity contribution >= 4 is 17.7 Å². The number of aromatic carboxylic acids is 1. The summed E-state index contributed by atoms with van der Waals surface area (Å²) >= 11 is 1.34. The smallest absolute Gasteiger partial charge is 0.335 e. The Balaban J connectivity index is 2.33. The van der Waals surface area contributed by atoms with Gasteiger partial charge in [0.15, 0.2) is 5.16 Å². The van der Waals surface area contributed by atoms with Crippen LogP contribution in [-0.4, -0.2) is 25.6 Å².